The van der Waals surface area contributed by atoms with E-state index in [-0.39, 0.29) is 6.61 Å². The van der Waals surface area contributed by atoms with Gasteiger partial charge in [0.25, 0.3) is 0 Å². The number of rotatable bonds is 10. The summed E-state index contributed by atoms with van der Waals surface area (Å²) < 4.78 is 16.9. The van der Waals surface area contributed by atoms with Gasteiger partial charge in [0.05, 0.1) is 12.8 Å². The van der Waals surface area contributed by atoms with Crippen LogP contribution in [0.4, 0.5) is 0 Å². The molecule has 0 saturated carbocycles. The van der Waals surface area contributed by atoms with Gasteiger partial charge in [0.1, 0.15) is 30.5 Å². The van der Waals surface area contributed by atoms with E-state index in [1.165, 1.54) is 6.08 Å². The first kappa shape index (κ1) is 22.1. The minimum absolute atomic E-state index is 0.202. The van der Waals surface area contributed by atoms with Gasteiger partial charge in [-0.3, -0.25) is 0 Å². The summed E-state index contributed by atoms with van der Waals surface area (Å²) in [5.41, 5.74) is 2.95. The maximum absolute atomic E-state index is 8.96. The zero-order chi connectivity index (χ0) is 22.1. The third-order valence-corrected chi connectivity index (χ3v) is 4.49. The number of hydrogen-bond acceptors (Lipinski definition) is 6. The molecule has 0 fully saturated rings. The largest absolute Gasteiger partial charge is 0.496 e. The molecule has 160 valence electrons. The average molecular weight is 419 g/mol. The summed E-state index contributed by atoms with van der Waals surface area (Å²) in [6.45, 7) is 0.571. The zero-order valence-electron chi connectivity index (χ0n) is 17.2. The van der Waals surface area contributed by atoms with Crippen LogP contribution in [-0.2, 0) is 6.61 Å². The van der Waals surface area contributed by atoms with Crippen LogP contribution in [0.1, 0.15) is 16.7 Å². The Hall–Kier alpha value is -3.61. The number of methoxy groups -OCH3 is 1. The van der Waals surface area contributed by atoms with Crippen molar-refractivity contribution in [3.8, 4) is 17.2 Å². The second-order valence-electron chi connectivity index (χ2n) is 6.74. The van der Waals surface area contributed by atoms with Crippen LogP contribution >= 0.6 is 0 Å². The fraction of sp³-hybridized carbons (Fsp3) is 0.160. The van der Waals surface area contributed by atoms with Gasteiger partial charge < -0.3 is 29.8 Å². The van der Waals surface area contributed by atoms with Crippen LogP contribution in [0.15, 0.2) is 78.9 Å². The Morgan fingerprint density at radius 3 is 2.32 bits per heavy atom. The van der Waals surface area contributed by atoms with Crippen molar-refractivity contribution >= 4 is 11.8 Å². The highest BCUT2D eigenvalue weighted by Gasteiger charge is 2.05. The van der Waals surface area contributed by atoms with Crippen molar-refractivity contribution in [2.75, 3.05) is 13.7 Å². The SMILES string of the molecule is COc1cc(OCc2ccc(OCC(=N)c3ccccc3)cc2)ccc1/C=C/C(O)O. The van der Waals surface area contributed by atoms with Gasteiger partial charge in [0, 0.05) is 11.6 Å². The maximum atomic E-state index is 8.96. The molecule has 31 heavy (non-hydrogen) atoms. The summed E-state index contributed by atoms with van der Waals surface area (Å²) in [7, 11) is 1.54. The highest BCUT2D eigenvalue weighted by atomic mass is 16.5. The molecular formula is C25H25NO5. The molecule has 0 aliphatic heterocycles. The molecule has 0 aliphatic carbocycles. The van der Waals surface area contributed by atoms with Gasteiger partial charge in [-0.2, -0.15) is 0 Å². The van der Waals surface area contributed by atoms with Gasteiger partial charge in [-0.05, 0) is 41.5 Å². The molecule has 0 aliphatic rings. The van der Waals surface area contributed by atoms with E-state index in [2.05, 4.69) is 0 Å². The van der Waals surface area contributed by atoms with E-state index in [4.69, 9.17) is 29.8 Å². The predicted octanol–water partition coefficient (Wildman–Crippen LogP) is 4.04. The summed E-state index contributed by atoms with van der Waals surface area (Å²) in [6.07, 6.45) is 1.31. The molecule has 0 bridgehead atoms. The van der Waals surface area contributed by atoms with Crippen molar-refractivity contribution in [1.82, 2.24) is 0 Å². The molecule has 0 amide bonds. The fourth-order valence-electron chi connectivity index (χ4n) is 2.84. The average Bonchev–Trinajstić information content (AvgIpc) is 2.81. The second-order valence-corrected chi connectivity index (χ2v) is 6.74. The molecule has 0 spiro atoms. The van der Waals surface area contributed by atoms with Crippen molar-refractivity contribution in [3.63, 3.8) is 0 Å². The van der Waals surface area contributed by atoms with Gasteiger partial charge in [-0.1, -0.05) is 48.5 Å². The van der Waals surface area contributed by atoms with Crippen LogP contribution in [0.2, 0.25) is 0 Å². The first-order valence-corrected chi connectivity index (χ1v) is 9.75. The second kappa shape index (κ2) is 11.0. The van der Waals surface area contributed by atoms with Crippen LogP contribution in [-0.4, -0.2) is 35.9 Å². The van der Waals surface area contributed by atoms with Crippen LogP contribution in [0.3, 0.4) is 0 Å². The van der Waals surface area contributed by atoms with Gasteiger partial charge >= 0.3 is 0 Å². The summed E-state index contributed by atoms with van der Waals surface area (Å²) in [6, 6.07) is 22.4. The first-order chi connectivity index (χ1) is 15.0. The molecule has 6 heteroatoms. The topological polar surface area (TPSA) is 92.0 Å². The Bertz CT molecular complexity index is 1010. The van der Waals surface area contributed by atoms with E-state index in [9.17, 15) is 0 Å². The number of benzene rings is 3. The lowest BCUT2D eigenvalue weighted by Gasteiger charge is -2.11. The van der Waals surface area contributed by atoms with Crippen LogP contribution in [0.5, 0.6) is 17.2 Å². The standard InChI is InChI=1S/C25H25NO5/c1-29-24-15-22(13-9-20(24)10-14-25(27)28)30-16-18-7-11-21(12-8-18)31-17-23(26)19-5-3-2-4-6-19/h2-15,25-28H,16-17H2,1H3/b14-10+,26-23?. The molecule has 3 aromatic rings. The highest BCUT2D eigenvalue weighted by molar-refractivity contribution is 5.99. The van der Waals surface area contributed by atoms with Gasteiger partial charge in [0.15, 0.2) is 6.29 Å². The molecule has 3 aromatic carbocycles. The molecule has 6 nitrogen and oxygen atoms in total. The Morgan fingerprint density at radius 2 is 1.65 bits per heavy atom. The molecular weight excluding hydrogens is 394 g/mol. The molecule has 3 N–H and O–H groups in total. The highest BCUT2D eigenvalue weighted by Crippen LogP contribution is 2.26. The summed E-state index contributed by atoms with van der Waals surface area (Å²) >= 11 is 0. The Morgan fingerprint density at radius 1 is 0.935 bits per heavy atom. The summed E-state index contributed by atoms with van der Waals surface area (Å²) in [5, 5.41) is 26.0. The third-order valence-electron chi connectivity index (χ3n) is 4.49. The van der Waals surface area contributed by atoms with E-state index in [0.29, 0.717) is 35.1 Å². The number of nitrogens with one attached hydrogen (secondary N) is 1. The minimum atomic E-state index is -1.52. The number of aliphatic hydroxyl groups is 2. The van der Waals surface area contributed by atoms with Crippen molar-refractivity contribution in [3.05, 3.63) is 95.6 Å². The van der Waals surface area contributed by atoms with Crippen LogP contribution in [0, 0.1) is 5.41 Å². The lowest BCUT2D eigenvalue weighted by atomic mass is 10.1. The van der Waals surface area contributed by atoms with Gasteiger partial charge in [0.2, 0.25) is 0 Å². The first-order valence-electron chi connectivity index (χ1n) is 9.75. The van der Waals surface area contributed by atoms with Crippen molar-refractivity contribution in [2.45, 2.75) is 12.9 Å². The smallest absolute Gasteiger partial charge is 0.171 e. The lowest BCUT2D eigenvalue weighted by molar-refractivity contribution is 0.00303. The van der Waals surface area contributed by atoms with E-state index in [0.717, 1.165) is 11.1 Å². The van der Waals surface area contributed by atoms with Crippen molar-refractivity contribution < 1.29 is 24.4 Å². The summed E-state index contributed by atoms with van der Waals surface area (Å²) in [5.74, 6) is 1.89. The molecule has 0 aromatic heterocycles. The maximum Gasteiger partial charge on any atom is 0.171 e. The Balaban J connectivity index is 1.53. The molecule has 3 rings (SSSR count). The number of hydrogen-bond donors (Lipinski definition) is 3. The third kappa shape index (κ3) is 6.70. The number of aliphatic hydroxyl groups excluding tert-OH is 1. The molecule has 0 atom stereocenters. The monoisotopic (exact) mass is 419 g/mol. The van der Waals surface area contributed by atoms with Crippen molar-refractivity contribution in [1.29, 1.82) is 5.41 Å². The van der Waals surface area contributed by atoms with E-state index in [1.807, 2.05) is 54.6 Å². The van der Waals surface area contributed by atoms with Crippen LogP contribution < -0.4 is 14.2 Å². The fourth-order valence-corrected chi connectivity index (χ4v) is 2.84. The molecule has 0 radical (unpaired) electrons. The van der Waals surface area contributed by atoms with E-state index < -0.39 is 6.29 Å². The normalized spacial score (nSPS) is 11.0. The summed E-state index contributed by atoms with van der Waals surface area (Å²) in [4.78, 5) is 0. The molecule has 0 saturated heterocycles. The Labute approximate surface area is 181 Å². The Kier molecular flexibility index (Phi) is 7.81. The lowest BCUT2D eigenvalue weighted by Crippen LogP contribution is -2.11. The van der Waals surface area contributed by atoms with Crippen molar-refractivity contribution in [2.24, 2.45) is 0 Å². The molecule has 0 heterocycles. The van der Waals surface area contributed by atoms with E-state index >= 15 is 0 Å². The predicted molar refractivity (Wildman–Crippen MR) is 120 cm³/mol. The minimum Gasteiger partial charge on any atom is -0.496 e. The van der Waals surface area contributed by atoms with E-state index in [1.54, 1.807) is 31.4 Å². The number of ether oxygens (including phenoxy) is 3. The van der Waals surface area contributed by atoms with Crippen LogP contribution in [0.25, 0.3) is 6.08 Å². The van der Waals surface area contributed by atoms with Gasteiger partial charge in [-0.25, -0.2) is 0 Å². The van der Waals surface area contributed by atoms with Gasteiger partial charge in [-0.15, -0.1) is 0 Å². The molecule has 0 unspecified atom stereocenters. The zero-order valence-corrected chi connectivity index (χ0v) is 17.2. The quantitative estimate of drug-likeness (QED) is 0.341.